The summed E-state index contributed by atoms with van der Waals surface area (Å²) in [5.41, 5.74) is 3.55. The second kappa shape index (κ2) is 5.87. The number of hydrogen-bond acceptors (Lipinski definition) is 3. The Morgan fingerprint density at radius 3 is 2.79 bits per heavy atom. The summed E-state index contributed by atoms with van der Waals surface area (Å²) in [6.45, 7) is 4.55. The molecular weight excluding hydrogens is 322 g/mol. The molecule has 1 fully saturated rings. The van der Waals surface area contributed by atoms with Gasteiger partial charge in [0.15, 0.2) is 0 Å². The Bertz CT molecular complexity index is 799. The molecule has 1 aromatic heterocycles. The van der Waals surface area contributed by atoms with Gasteiger partial charge in [0, 0.05) is 28.4 Å². The fourth-order valence-corrected chi connectivity index (χ4v) is 4.13. The number of rotatable bonds is 1. The van der Waals surface area contributed by atoms with E-state index >= 15 is 0 Å². The lowest BCUT2D eigenvalue weighted by atomic mass is 9.75. The summed E-state index contributed by atoms with van der Waals surface area (Å²) in [4.78, 5) is 19.4. The van der Waals surface area contributed by atoms with Gasteiger partial charge in [-0.25, -0.2) is 4.98 Å². The van der Waals surface area contributed by atoms with Crippen molar-refractivity contribution in [2.45, 2.75) is 25.2 Å². The monoisotopic (exact) mass is 341 g/mol. The smallest absolute Gasteiger partial charge is 0.276 e. The minimum Gasteiger partial charge on any atom is -0.317 e. The minimum absolute atomic E-state index is 0.00493. The molecule has 5 heteroatoms. The van der Waals surface area contributed by atoms with Crippen molar-refractivity contribution < 1.29 is 4.79 Å². The average Bonchev–Trinajstić information content (AvgIpc) is 2.88. The summed E-state index contributed by atoms with van der Waals surface area (Å²) in [7, 11) is 0. The number of aryl methyl sites for hydroxylation is 1. The molecule has 124 valence electrons. The van der Waals surface area contributed by atoms with Crippen LogP contribution in [0.5, 0.6) is 0 Å². The molecule has 3 heterocycles. The van der Waals surface area contributed by atoms with Crippen LogP contribution in [0, 0.1) is 6.92 Å². The maximum Gasteiger partial charge on any atom is 0.276 e. The van der Waals surface area contributed by atoms with E-state index < -0.39 is 0 Å². The lowest BCUT2D eigenvalue weighted by molar-refractivity contribution is 0.0978. The first-order valence-corrected chi connectivity index (χ1v) is 8.73. The SMILES string of the molecule is Cc1cccc(C(=O)N2CC3(CCNCC3)c3cc(Cl)ccc32)n1. The Balaban J connectivity index is 1.77. The molecule has 1 saturated heterocycles. The molecule has 0 unspecified atom stereocenters. The van der Waals surface area contributed by atoms with E-state index in [0.717, 1.165) is 42.3 Å². The number of benzene rings is 1. The normalized spacial score (nSPS) is 18.7. The highest BCUT2D eigenvalue weighted by atomic mass is 35.5. The molecule has 0 atom stereocenters. The summed E-state index contributed by atoms with van der Waals surface area (Å²) in [5, 5.41) is 4.15. The average molecular weight is 342 g/mol. The van der Waals surface area contributed by atoms with Crippen LogP contribution in [-0.2, 0) is 5.41 Å². The van der Waals surface area contributed by atoms with Crippen molar-refractivity contribution >= 4 is 23.2 Å². The van der Waals surface area contributed by atoms with Gasteiger partial charge in [-0.2, -0.15) is 0 Å². The quantitative estimate of drug-likeness (QED) is 0.865. The third-order valence-electron chi connectivity index (χ3n) is 5.19. The Hall–Kier alpha value is -1.91. The lowest BCUT2D eigenvalue weighted by Gasteiger charge is -2.34. The van der Waals surface area contributed by atoms with Gasteiger partial charge in [-0.1, -0.05) is 17.7 Å². The van der Waals surface area contributed by atoms with Gasteiger partial charge in [0.25, 0.3) is 5.91 Å². The number of hydrogen-bond donors (Lipinski definition) is 1. The number of nitrogens with one attached hydrogen (secondary N) is 1. The van der Waals surface area contributed by atoms with Crippen LogP contribution in [0.4, 0.5) is 5.69 Å². The molecule has 0 radical (unpaired) electrons. The van der Waals surface area contributed by atoms with E-state index in [9.17, 15) is 4.79 Å². The standard InChI is InChI=1S/C19H20ClN3O/c1-13-3-2-4-16(22-13)18(24)23-12-19(7-9-21-10-8-19)15-11-14(20)5-6-17(15)23/h2-6,11,21H,7-10,12H2,1H3. The van der Waals surface area contributed by atoms with Crippen LogP contribution in [0.1, 0.15) is 34.6 Å². The molecule has 1 aromatic carbocycles. The first kappa shape index (κ1) is 15.6. The minimum atomic E-state index is -0.0299. The lowest BCUT2D eigenvalue weighted by Crippen LogP contribution is -2.44. The number of aromatic nitrogens is 1. The molecule has 0 saturated carbocycles. The van der Waals surface area contributed by atoms with E-state index in [1.807, 2.05) is 42.2 Å². The second-order valence-corrected chi connectivity index (χ2v) is 7.18. The van der Waals surface area contributed by atoms with Crippen molar-refractivity contribution in [1.29, 1.82) is 0 Å². The summed E-state index contributed by atoms with van der Waals surface area (Å²) in [6, 6.07) is 11.5. The number of carbonyl (C=O) groups is 1. The highest BCUT2D eigenvalue weighted by molar-refractivity contribution is 6.30. The molecular formula is C19H20ClN3O. The number of piperidine rings is 1. The molecule has 4 rings (SSSR count). The van der Waals surface area contributed by atoms with Gasteiger partial charge in [0.05, 0.1) is 0 Å². The molecule has 0 aliphatic carbocycles. The van der Waals surface area contributed by atoms with E-state index in [1.165, 1.54) is 5.56 Å². The van der Waals surface area contributed by atoms with Crippen molar-refractivity contribution in [2.24, 2.45) is 0 Å². The van der Waals surface area contributed by atoms with E-state index in [4.69, 9.17) is 11.6 Å². The van der Waals surface area contributed by atoms with Crippen LogP contribution in [-0.4, -0.2) is 30.5 Å². The third kappa shape index (κ3) is 2.50. The van der Waals surface area contributed by atoms with E-state index in [0.29, 0.717) is 12.2 Å². The number of anilines is 1. The van der Waals surface area contributed by atoms with Crippen molar-refractivity contribution in [3.63, 3.8) is 0 Å². The zero-order valence-electron chi connectivity index (χ0n) is 13.7. The van der Waals surface area contributed by atoms with Gasteiger partial charge in [0.1, 0.15) is 5.69 Å². The van der Waals surface area contributed by atoms with Crippen LogP contribution in [0.2, 0.25) is 5.02 Å². The van der Waals surface area contributed by atoms with Crippen molar-refractivity contribution in [3.8, 4) is 0 Å². The number of nitrogens with zero attached hydrogens (tertiary/aromatic N) is 2. The van der Waals surface area contributed by atoms with Crippen molar-refractivity contribution in [3.05, 3.63) is 58.4 Å². The summed E-state index contributed by atoms with van der Waals surface area (Å²) in [5.74, 6) is -0.0299. The number of amides is 1. The number of carbonyl (C=O) groups excluding carboxylic acids is 1. The van der Waals surface area contributed by atoms with Gasteiger partial charge in [0.2, 0.25) is 0 Å². The van der Waals surface area contributed by atoms with Crippen LogP contribution < -0.4 is 10.2 Å². The van der Waals surface area contributed by atoms with Crippen LogP contribution in [0.25, 0.3) is 0 Å². The van der Waals surface area contributed by atoms with E-state index in [-0.39, 0.29) is 11.3 Å². The summed E-state index contributed by atoms with van der Waals surface area (Å²) < 4.78 is 0. The van der Waals surface area contributed by atoms with Crippen molar-refractivity contribution in [2.75, 3.05) is 24.5 Å². The van der Waals surface area contributed by atoms with Crippen molar-refractivity contribution in [1.82, 2.24) is 10.3 Å². The van der Waals surface area contributed by atoms with E-state index in [1.54, 1.807) is 6.07 Å². The molecule has 2 aliphatic rings. The fraction of sp³-hybridized carbons (Fsp3) is 0.368. The Morgan fingerprint density at radius 2 is 2.04 bits per heavy atom. The Kier molecular flexibility index (Phi) is 3.82. The molecule has 2 aromatic rings. The maximum atomic E-state index is 13.1. The first-order valence-electron chi connectivity index (χ1n) is 8.35. The highest BCUT2D eigenvalue weighted by Gasteiger charge is 2.45. The molecule has 24 heavy (non-hydrogen) atoms. The third-order valence-corrected chi connectivity index (χ3v) is 5.43. The first-order chi connectivity index (χ1) is 11.6. The molecule has 1 N–H and O–H groups in total. The second-order valence-electron chi connectivity index (χ2n) is 6.75. The Labute approximate surface area is 146 Å². The van der Waals surface area contributed by atoms with Gasteiger partial charge in [-0.05, 0) is 68.8 Å². The van der Waals surface area contributed by atoms with Gasteiger partial charge in [-0.15, -0.1) is 0 Å². The van der Waals surface area contributed by atoms with Crippen LogP contribution in [0.15, 0.2) is 36.4 Å². The number of pyridine rings is 1. The van der Waals surface area contributed by atoms with E-state index in [2.05, 4.69) is 10.3 Å². The predicted molar refractivity (Wildman–Crippen MR) is 95.9 cm³/mol. The molecule has 1 spiro atoms. The van der Waals surface area contributed by atoms with Gasteiger partial charge in [-0.3, -0.25) is 4.79 Å². The zero-order chi connectivity index (χ0) is 16.7. The zero-order valence-corrected chi connectivity index (χ0v) is 14.4. The molecule has 2 aliphatic heterocycles. The van der Waals surface area contributed by atoms with Crippen LogP contribution in [0.3, 0.4) is 0 Å². The molecule has 1 amide bonds. The fourth-order valence-electron chi connectivity index (χ4n) is 3.96. The highest BCUT2D eigenvalue weighted by Crippen LogP contribution is 2.47. The number of halogens is 1. The van der Waals surface area contributed by atoms with Crippen LogP contribution >= 0.6 is 11.6 Å². The molecule has 4 nitrogen and oxygen atoms in total. The predicted octanol–water partition coefficient (Wildman–Crippen LogP) is 3.33. The summed E-state index contributed by atoms with van der Waals surface area (Å²) >= 11 is 6.26. The van der Waals surface area contributed by atoms with Gasteiger partial charge >= 0.3 is 0 Å². The topological polar surface area (TPSA) is 45.2 Å². The Morgan fingerprint density at radius 1 is 1.25 bits per heavy atom. The number of fused-ring (bicyclic) bond motifs is 2. The maximum absolute atomic E-state index is 13.1. The molecule has 0 bridgehead atoms. The van der Waals surface area contributed by atoms with Gasteiger partial charge < -0.3 is 10.2 Å². The summed E-state index contributed by atoms with van der Waals surface area (Å²) in [6.07, 6.45) is 2.04. The largest absolute Gasteiger partial charge is 0.317 e.